The molecule has 4 fully saturated rings. The highest BCUT2D eigenvalue weighted by Gasteiger charge is 2.61. The Kier molecular flexibility index (Phi) is 5.25. The molecule has 0 saturated heterocycles. The number of pyridine rings is 1. The lowest BCUT2D eigenvalue weighted by atomic mass is 9.43. The maximum absolute atomic E-state index is 6.16. The van der Waals surface area contributed by atoms with Crippen molar-refractivity contribution in [1.82, 2.24) is 15.0 Å². The van der Waals surface area contributed by atoms with Gasteiger partial charge in [0.2, 0.25) is 0 Å². The molecule has 3 heterocycles. The van der Waals surface area contributed by atoms with Crippen LogP contribution in [0.4, 0.5) is 0 Å². The Hall–Kier alpha value is -5.09. The molecule has 12 rings (SSSR count). The van der Waals surface area contributed by atoms with Crippen LogP contribution in [0.3, 0.4) is 0 Å². The summed E-state index contributed by atoms with van der Waals surface area (Å²) in [5.41, 5.74) is 12.4. The van der Waals surface area contributed by atoms with Crippen molar-refractivity contribution >= 4 is 21.9 Å². The highest BCUT2D eigenvalue weighted by atomic mass is 16.3. The SMILES string of the molecule is c1ccc(-c2cc(-c3ccc4oc5ccccc5c4c3)nc(-c3ccc4c(c3)C3(c5cccnc5-4)C4CC5CC(C4)CC3C5)n2)cc1. The third-order valence-electron chi connectivity index (χ3n) is 12.1. The highest BCUT2D eigenvalue weighted by molar-refractivity contribution is 6.06. The Balaban J connectivity index is 1.11. The van der Waals surface area contributed by atoms with Crippen LogP contribution in [0.25, 0.3) is 67.1 Å². The minimum absolute atomic E-state index is 0.0512. The lowest BCUT2D eigenvalue weighted by Gasteiger charge is -2.61. The molecule has 4 saturated carbocycles. The quantitative estimate of drug-likeness (QED) is 0.201. The normalized spacial score (nSPS) is 25.1. The van der Waals surface area contributed by atoms with E-state index in [9.17, 15) is 0 Å². The first-order valence-electron chi connectivity index (χ1n) is 17.2. The maximum Gasteiger partial charge on any atom is 0.160 e. The van der Waals surface area contributed by atoms with E-state index in [1.807, 2.05) is 18.3 Å². The molecule has 226 valence electrons. The van der Waals surface area contributed by atoms with Gasteiger partial charge in [-0.1, -0.05) is 66.7 Å². The Morgan fingerprint density at radius 3 is 2.11 bits per heavy atom. The van der Waals surface area contributed by atoms with Gasteiger partial charge < -0.3 is 4.42 Å². The van der Waals surface area contributed by atoms with E-state index in [1.54, 1.807) is 0 Å². The van der Waals surface area contributed by atoms with Crippen LogP contribution in [0.2, 0.25) is 0 Å². The van der Waals surface area contributed by atoms with Gasteiger partial charge in [-0.3, -0.25) is 4.98 Å². The number of furan rings is 1. The van der Waals surface area contributed by atoms with Gasteiger partial charge in [-0.25, -0.2) is 9.97 Å². The average molecular weight is 608 g/mol. The van der Waals surface area contributed by atoms with Gasteiger partial charge in [0, 0.05) is 44.6 Å². The number of rotatable bonds is 3. The van der Waals surface area contributed by atoms with Crippen molar-refractivity contribution in [1.29, 1.82) is 0 Å². The van der Waals surface area contributed by atoms with Gasteiger partial charge in [0.25, 0.3) is 0 Å². The number of aromatic nitrogens is 3. The Labute approximate surface area is 273 Å². The molecule has 4 heteroatoms. The van der Waals surface area contributed by atoms with Crippen molar-refractivity contribution in [3.8, 4) is 45.2 Å². The van der Waals surface area contributed by atoms with Gasteiger partial charge in [0.05, 0.1) is 17.1 Å². The molecule has 0 unspecified atom stereocenters. The van der Waals surface area contributed by atoms with Crippen LogP contribution in [0.15, 0.2) is 120 Å². The van der Waals surface area contributed by atoms with Crippen molar-refractivity contribution in [2.24, 2.45) is 23.7 Å². The zero-order valence-electron chi connectivity index (χ0n) is 26.1. The van der Waals surface area contributed by atoms with Crippen molar-refractivity contribution in [2.75, 3.05) is 0 Å². The molecular weight excluding hydrogens is 574 g/mol. The molecule has 0 amide bonds. The summed E-state index contributed by atoms with van der Waals surface area (Å²) in [5, 5.41) is 2.22. The van der Waals surface area contributed by atoms with Gasteiger partial charge in [-0.15, -0.1) is 0 Å². The minimum atomic E-state index is 0.0512. The van der Waals surface area contributed by atoms with Crippen LogP contribution in [0.1, 0.15) is 43.2 Å². The smallest absolute Gasteiger partial charge is 0.160 e. The minimum Gasteiger partial charge on any atom is -0.456 e. The maximum atomic E-state index is 6.16. The molecule has 0 radical (unpaired) electrons. The number of hydrogen-bond acceptors (Lipinski definition) is 4. The zero-order valence-corrected chi connectivity index (χ0v) is 26.1. The van der Waals surface area contributed by atoms with Gasteiger partial charge in [-0.2, -0.15) is 0 Å². The third-order valence-corrected chi connectivity index (χ3v) is 12.1. The molecule has 0 aliphatic heterocycles. The lowest BCUT2D eigenvalue weighted by Crippen LogP contribution is -2.55. The topological polar surface area (TPSA) is 51.8 Å². The highest BCUT2D eigenvalue weighted by Crippen LogP contribution is 2.69. The Morgan fingerprint density at radius 2 is 1.28 bits per heavy atom. The van der Waals surface area contributed by atoms with Crippen LogP contribution in [-0.4, -0.2) is 15.0 Å². The molecule has 0 atom stereocenters. The molecule has 4 nitrogen and oxygen atoms in total. The molecule has 5 aliphatic carbocycles. The van der Waals surface area contributed by atoms with Gasteiger partial charge in [0.15, 0.2) is 5.82 Å². The summed E-state index contributed by atoms with van der Waals surface area (Å²) in [5.74, 6) is 3.93. The summed E-state index contributed by atoms with van der Waals surface area (Å²) in [6, 6.07) is 38.8. The summed E-state index contributed by atoms with van der Waals surface area (Å²) < 4.78 is 6.16. The van der Waals surface area contributed by atoms with Crippen LogP contribution < -0.4 is 0 Å². The second kappa shape index (κ2) is 9.48. The molecule has 0 N–H and O–H groups in total. The second-order valence-electron chi connectivity index (χ2n) is 14.5. The van der Waals surface area contributed by atoms with E-state index in [-0.39, 0.29) is 5.41 Å². The van der Waals surface area contributed by atoms with E-state index < -0.39 is 0 Å². The van der Waals surface area contributed by atoms with Crippen LogP contribution in [-0.2, 0) is 5.41 Å². The molecule has 4 aromatic carbocycles. The summed E-state index contributed by atoms with van der Waals surface area (Å²) in [7, 11) is 0. The van der Waals surface area contributed by atoms with Crippen LogP contribution in [0.5, 0.6) is 0 Å². The van der Waals surface area contributed by atoms with E-state index in [0.717, 1.165) is 67.7 Å². The number of hydrogen-bond donors (Lipinski definition) is 0. The molecular formula is C43H33N3O. The molecule has 4 bridgehead atoms. The zero-order chi connectivity index (χ0) is 30.7. The largest absolute Gasteiger partial charge is 0.456 e. The van der Waals surface area contributed by atoms with Gasteiger partial charge in [-0.05, 0) is 109 Å². The van der Waals surface area contributed by atoms with Crippen molar-refractivity contribution in [3.05, 3.63) is 127 Å². The van der Waals surface area contributed by atoms with Crippen molar-refractivity contribution in [3.63, 3.8) is 0 Å². The monoisotopic (exact) mass is 607 g/mol. The Morgan fingerprint density at radius 1 is 0.553 bits per heavy atom. The molecule has 7 aromatic rings. The van der Waals surface area contributed by atoms with E-state index >= 15 is 0 Å². The van der Waals surface area contributed by atoms with E-state index in [0.29, 0.717) is 11.8 Å². The Bertz CT molecular complexity index is 2360. The average Bonchev–Trinajstić information content (AvgIpc) is 3.64. The third kappa shape index (κ3) is 3.61. The van der Waals surface area contributed by atoms with Gasteiger partial charge >= 0.3 is 0 Å². The first kappa shape index (κ1) is 26.0. The lowest BCUT2D eigenvalue weighted by molar-refractivity contribution is -0.0399. The summed E-state index contributed by atoms with van der Waals surface area (Å²) in [4.78, 5) is 15.6. The molecule has 47 heavy (non-hydrogen) atoms. The summed E-state index contributed by atoms with van der Waals surface area (Å²) in [6.45, 7) is 0. The molecule has 5 aliphatic rings. The summed E-state index contributed by atoms with van der Waals surface area (Å²) >= 11 is 0. The van der Waals surface area contributed by atoms with Crippen LogP contribution in [0, 0.1) is 23.7 Å². The standard InChI is InChI=1S/C43H33N3O/c1-2-7-27(8-3-1)37-24-38(28-13-15-40-34(22-28)32-9-4-5-11-39(32)47-40)46-42(45-37)29-12-14-33-36(23-29)43(35-10-6-16-44-41(33)35)30-18-25-17-26(20-30)21-31(43)19-25/h1-16,22-26,30-31H,17-21H2. The first-order chi connectivity index (χ1) is 23.2. The molecule has 1 spiro atoms. The summed E-state index contributed by atoms with van der Waals surface area (Å²) in [6.07, 6.45) is 8.81. The fraction of sp³-hybridized carbons (Fsp3) is 0.233. The predicted octanol–water partition coefficient (Wildman–Crippen LogP) is 10.5. The van der Waals surface area contributed by atoms with Crippen molar-refractivity contribution in [2.45, 2.75) is 37.5 Å². The van der Waals surface area contributed by atoms with Crippen LogP contribution >= 0.6 is 0 Å². The fourth-order valence-corrected chi connectivity index (χ4v) is 10.5. The number of para-hydroxylation sites is 1. The number of nitrogens with zero attached hydrogens (tertiary/aromatic N) is 3. The number of benzene rings is 4. The first-order valence-corrected chi connectivity index (χ1v) is 17.2. The van der Waals surface area contributed by atoms with E-state index in [2.05, 4.69) is 97.1 Å². The predicted molar refractivity (Wildman–Crippen MR) is 187 cm³/mol. The second-order valence-corrected chi connectivity index (χ2v) is 14.5. The van der Waals surface area contributed by atoms with E-state index in [1.165, 1.54) is 54.5 Å². The number of fused-ring (bicyclic) bond motifs is 6. The van der Waals surface area contributed by atoms with Crippen molar-refractivity contribution < 1.29 is 4.42 Å². The van der Waals surface area contributed by atoms with E-state index in [4.69, 9.17) is 19.4 Å². The fourth-order valence-electron chi connectivity index (χ4n) is 10.5. The molecule has 3 aromatic heterocycles. The van der Waals surface area contributed by atoms with Gasteiger partial charge in [0.1, 0.15) is 11.2 Å².